The number of hydrogen-bond acceptors (Lipinski definition) is 5. The minimum absolute atomic E-state index is 0.0659. The van der Waals surface area contributed by atoms with E-state index in [9.17, 15) is 14.4 Å². The number of hydrazine groups is 1. The molecule has 0 saturated heterocycles. The van der Waals surface area contributed by atoms with Crippen LogP contribution in [0.5, 0.6) is 0 Å². The molecule has 0 radical (unpaired) electrons. The summed E-state index contributed by atoms with van der Waals surface area (Å²) in [6.07, 6.45) is -1.74. The molecule has 2 aromatic carbocycles. The summed E-state index contributed by atoms with van der Waals surface area (Å²) in [4.78, 5) is 40.4. The normalized spacial score (nSPS) is 17.5. The zero-order valence-electron chi connectivity index (χ0n) is 16.5. The van der Waals surface area contributed by atoms with Crippen LogP contribution in [0.1, 0.15) is 25.0 Å². The fraction of sp³-hybridized carbons (Fsp3) is 0.286. The van der Waals surface area contributed by atoms with Crippen molar-refractivity contribution in [3.05, 3.63) is 65.7 Å². The van der Waals surface area contributed by atoms with Crippen LogP contribution in [0.4, 0.5) is 15.3 Å². The lowest BCUT2D eigenvalue weighted by atomic mass is 9.83. The first kappa shape index (κ1) is 20.2. The van der Waals surface area contributed by atoms with Crippen molar-refractivity contribution in [2.24, 2.45) is 0 Å². The number of carbonyl (C=O) groups is 3. The van der Waals surface area contributed by atoms with Crippen LogP contribution >= 0.6 is 0 Å². The van der Waals surface area contributed by atoms with E-state index < -0.39 is 23.6 Å². The first-order valence-corrected chi connectivity index (χ1v) is 9.32. The zero-order chi connectivity index (χ0) is 21.0. The lowest BCUT2D eigenvalue weighted by Gasteiger charge is -2.38. The Bertz CT molecular complexity index is 918. The van der Waals surface area contributed by atoms with Crippen molar-refractivity contribution in [1.29, 1.82) is 0 Å². The van der Waals surface area contributed by atoms with Gasteiger partial charge in [-0.1, -0.05) is 48.5 Å². The molecule has 0 fully saturated rings. The Morgan fingerprint density at radius 3 is 2.28 bits per heavy atom. The summed E-state index contributed by atoms with van der Waals surface area (Å²) in [6, 6.07) is 15.9. The zero-order valence-corrected chi connectivity index (χ0v) is 16.5. The first-order chi connectivity index (χ1) is 14.0. The number of ether oxygens (including phenoxy) is 2. The van der Waals surface area contributed by atoms with Crippen LogP contribution in [0.15, 0.2) is 54.6 Å². The van der Waals surface area contributed by atoms with Crippen molar-refractivity contribution in [3.8, 4) is 0 Å². The van der Waals surface area contributed by atoms with Gasteiger partial charge in [0, 0.05) is 18.3 Å². The fourth-order valence-electron chi connectivity index (χ4n) is 3.55. The third-order valence-electron chi connectivity index (χ3n) is 4.73. The summed E-state index contributed by atoms with van der Waals surface area (Å²) in [5, 5.41) is 0.925. The molecule has 1 atom stereocenters. The number of benzene rings is 2. The summed E-state index contributed by atoms with van der Waals surface area (Å²) in [7, 11) is 1.62. The van der Waals surface area contributed by atoms with E-state index in [0.29, 0.717) is 16.8 Å². The van der Waals surface area contributed by atoms with Crippen molar-refractivity contribution >= 4 is 23.8 Å². The molecule has 0 aliphatic carbocycles. The molecular formula is C21H23N3O5. The van der Waals surface area contributed by atoms with E-state index in [-0.39, 0.29) is 13.2 Å². The van der Waals surface area contributed by atoms with Gasteiger partial charge in [-0.05, 0) is 25.5 Å². The summed E-state index contributed by atoms with van der Waals surface area (Å²) in [5.74, 6) is -0.408. The number of hydrogen-bond donors (Lipinski definition) is 1. The molecule has 3 amide bonds. The number of para-hydroxylation sites is 1. The van der Waals surface area contributed by atoms with E-state index in [1.807, 2.05) is 0 Å². The molecule has 0 spiro atoms. The van der Waals surface area contributed by atoms with Crippen LogP contribution in [-0.2, 0) is 19.8 Å². The summed E-state index contributed by atoms with van der Waals surface area (Å²) in [6.45, 7) is 3.46. The number of anilines is 1. The van der Waals surface area contributed by atoms with Crippen molar-refractivity contribution in [3.63, 3.8) is 0 Å². The third-order valence-corrected chi connectivity index (χ3v) is 4.73. The molecule has 8 nitrogen and oxygen atoms in total. The van der Waals surface area contributed by atoms with E-state index in [2.05, 4.69) is 5.43 Å². The number of nitrogens with zero attached hydrogens (tertiary/aromatic N) is 2. The number of likely N-dealkylation sites (N-methyl/N-ethyl adjacent to an activating group) is 1. The molecule has 1 unspecified atom stereocenters. The van der Waals surface area contributed by atoms with Crippen LogP contribution < -0.4 is 10.3 Å². The molecule has 0 aromatic heterocycles. The van der Waals surface area contributed by atoms with Gasteiger partial charge >= 0.3 is 12.2 Å². The molecular weight excluding hydrogens is 374 g/mol. The van der Waals surface area contributed by atoms with Gasteiger partial charge in [0.05, 0.1) is 13.2 Å². The van der Waals surface area contributed by atoms with E-state index >= 15 is 0 Å². The Labute approximate surface area is 169 Å². The topological polar surface area (TPSA) is 88.2 Å². The molecule has 0 bridgehead atoms. The van der Waals surface area contributed by atoms with Crippen molar-refractivity contribution in [2.75, 3.05) is 25.2 Å². The molecule has 3 rings (SSSR count). The summed E-state index contributed by atoms with van der Waals surface area (Å²) < 4.78 is 10.2. The van der Waals surface area contributed by atoms with Gasteiger partial charge in [0.1, 0.15) is 0 Å². The largest absolute Gasteiger partial charge is 0.449 e. The predicted molar refractivity (Wildman–Crippen MR) is 106 cm³/mol. The van der Waals surface area contributed by atoms with Crippen LogP contribution in [0.25, 0.3) is 0 Å². The second kappa shape index (κ2) is 8.22. The summed E-state index contributed by atoms with van der Waals surface area (Å²) in [5.41, 5.74) is 2.46. The molecule has 0 saturated carbocycles. The van der Waals surface area contributed by atoms with E-state index in [4.69, 9.17) is 9.47 Å². The minimum atomic E-state index is -1.65. The molecule has 1 aliphatic heterocycles. The van der Waals surface area contributed by atoms with E-state index in [0.717, 1.165) is 5.01 Å². The highest BCUT2D eigenvalue weighted by molar-refractivity contribution is 6.11. The van der Waals surface area contributed by atoms with Gasteiger partial charge in [-0.3, -0.25) is 4.79 Å². The maximum absolute atomic E-state index is 13.7. The average Bonchev–Trinajstić information content (AvgIpc) is 2.96. The van der Waals surface area contributed by atoms with E-state index in [1.165, 1.54) is 4.90 Å². The number of nitrogens with one attached hydrogen (secondary N) is 1. The molecule has 152 valence electrons. The molecule has 8 heteroatoms. The van der Waals surface area contributed by atoms with Gasteiger partial charge in [-0.2, -0.15) is 5.01 Å². The first-order valence-electron chi connectivity index (χ1n) is 9.32. The number of rotatable bonds is 4. The van der Waals surface area contributed by atoms with E-state index in [1.54, 1.807) is 75.5 Å². The van der Waals surface area contributed by atoms with Gasteiger partial charge in [0.2, 0.25) is 0 Å². The van der Waals surface area contributed by atoms with Crippen LogP contribution in [0, 0.1) is 0 Å². The Balaban J connectivity index is 2.28. The second-order valence-electron chi connectivity index (χ2n) is 6.32. The highest BCUT2D eigenvalue weighted by atomic mass is 16.6. The Morgan fingerprint density at radius 1 is 1.00 bits per heavy atom. The maximum atomic E-state index is 13.7. The van der Waals surface area contributed by atoms with Crippen LogP contribution in [0.3, 0.4) is 0 Å². The molecule has 1 aliphatic rings. The fourth-order valence-corrected chi connectivity index (χ4v) is 3.55. The SMILES string of the molecule is CCOC(=O)NN(C(=O)OCC)C1(c2ccccc2)C(=O)N(C)c2ccccc21. The molecule has 29 heavy (non-hydrogen) atoms. The Hall–Kier alpha value is -3.55. The molecule has 1 heterocycles. The van der Waals surface area contributed by atoms with Crippen molar-refractivity contribution < 1.29 is 23.9 Å². The van der Waals surface area contributed by atoms with Gasteiger partial charge in [-0.15, -0.1) is 0 Å². The van der Waals surface area contributed by atoms with Crippen LogP contribution in [0.2, 0.25) is 0 Å². The molecule has 1 N–H and O–H groups in total. The van der Waals surface area contributed by atoms with Gasteiger partial charge in [0.15, 0.2) is 5.54 Å². The van der Waals surface area contributed by atoms with Gasteiger partial charge in [0.25, 0.3) is 5.91 Å². The Morgan fingerprint density at radius 2 is 1.62 bits per heavy atom. The number of fused-ring (bicyclic) bond motifs is 1. The summed E-state index contributed by atoms with van der Waals surface area (Å²) >= 11 is 0. The lowest BCUT2D eigenvalue weighted by molar-refractivity contribution is -0.128. The Kier molecular flexibility index (Phi) is 5.72. The van der Waals surface area contributed by atoms with Crippen molar-refractivity contribution in [2.45, 2.75) is 19.4 Å². The quantitative estimate of drug-likeness (QED) is 0.802. The lowest BCUT2D eigenvalue weighted by Crippen LogP contribution is -2.62. The minimum Gasteiger partial charge on any atom is -0.449 e. The highest BCUT2D eigenvalue weighted by Crippen LogP contribution is 2.47. The maximum Gasteiger partial charge on any atom is 0.430 e. The predicted octanol–water partition coefficient (Wildman–Crippen LogP) is 3.03. The standard InChI is InChI=1S/C21H23N3O5/c1-4-28-19(26)22-24(20(27)29-5-2)21(15-11-7-6-8-12-15)16-13-9-10-14-17(16)23(3)18(21)25/h6-14H,4-5H2,1-3H3,(H,22,26). The smallest absolute Gasteiger partial charge is 0.430 e. The van der Waals surface area contributed by atoms with Gasteiger partial charge in [-0.25, -0.2) is 15.0 Å². The van der Waals surface area contributed by atoms with Gasteiger partial charge < -0.3 is 14.4 Å². The third kappa shape index (κ3) is 3.26. The number of carbonyl (C=O) groups excluding carboxylic acids is 3. The average molecular weight is 397 g/mol. The number of amides is 3. The van der Waals surface area contributed by atoms with Crippen molar-refractivity contribution in [1.82, 2.24) is 10.4 Å². The monoisotopic (exact) mass is 397 g/mol. The highest BCUT2D eigenvalue weighted by Gasteiger charge is 2.58. The second-order valence-corrected chi connectivity index (χ2v) is 6.32. The molecule has 2 aromatic rings. The van der Waals surface area contributed by atoms with Crippen LogP contribution in [-0.4, -0.2) is 43.4 Å².